The van der Waals surface area contributed by atoms with Crippen molar-refractivity contribution in [3.05, 3.63) is 12.0 Å². The zero-order chi connectivity index (χ0) is 13.0. The number of aromatic nitrogens is 2. The lowest BCUT2D eigenvalue weighted by atomic mass is 9.80. The lowest BCUT2D eigenvalue weighted by Crippen LogP contribution is -2.31. The van der Waals surface area contributed by atoms with Crippen molar-refractivity contribution >= 4 is 11.8 Å². The highest BCUT2D eigenvalue weighted by Gasteiger charge is 2.24. The molecule has 0 aliphatic heterocycles. The number of nitrogens with one attached hydrogen (secondary N) is 2. The van der Waals surface area contributed by atoms with Gasteiger partial charge in [0, 0.05) is 12.6 Å². The van der Waals surface area contributed by atoms with E-state index >= 15 is 0 Å². The van der Waals surface area contributed by atoms with Gasteiger partial charge in [0.05, 0.1) is 6.20 Å². The fourth-order valence-electron chi connectivity index (χ4n) is 2.06. The molecule has 0 bridgehead atoms. The zero-order valence-electron chi connectivity index (χ0n) is 11.0. The molecule has 5 heteroatoms. The maximum absolute atomic E-state index is 13.6. The van der Waals surface area contributed by atoms with E-state index in [1.54, 1.807) is 0 Å². The number of hydrogen-bond donors (Lipinski definition) is 2. The van der Waals surface area contributed by atoms with Crippen LogP contribution in [0.3, 0.4) is 0 Å². The van der Waals surface area contributed by atoms with Crippen LogP contribution in [0.4, 0.5) is 16.2 Å². The second kappa shape index (κ2) is 5.98. The molecular weight excluding hydrogens is 231 g/mol. The predicted octanol–water partition coefficient (Wildman–Crippen LogP) is 3.04. The highest BCUT2D eigenvalue weighted by Crippen LogP contribution is 2.31. The molecule has 0 aromatic carbocycles. The normalized spacial score (nSPS) is 17.1. The molecule has 1 unspecified atom stereocenters. The lowest BCUT2D eigenvalue weighted by Gasteiger charge is -2.32. The molecule has 2 N–H and O–H groups in total. The molecule has 0 spiro atoms. The van der Waals surface area contributed by atoms with Crippen molar-refractivity contribution in [2.24, 2.45) is 5.92 Å². The van der Waals surface area contributed by atoms with E-state index in [9.17, 15) is 4.39 Å². The Morgan fingerprint density at radius 2 is 2.28 bits per heavy atom. The number of nitrogens with zero attached hydrogens (tertiary/aromatic N) is 2. The van der Waals surface area contributed by atoms with E-state index in [0.717, 1.165) is 13.0 Å². The topological polar surface area (TPSA) is 49.8 Å². The average Bonchev–Trinajstić information content (AvgIpc) is 2.28. The Hall–Kier alpha value is -1.39. The summed E-state index contributed by atoms with van der Waals surface area (Å²) < 4.78 is 13.6. The Morgan fingerprint density at radius 3 is 2.89 bits per heavy atom. The first-order chi connectivity index (χ1) is 8.70. The molecule has 1 saturated carbocycles. The minimum absolute atomic E-state index is 0.266. The molecule has 0 amide bonds. The van der Waals surface area contributed by atoms with Crippen LogP contribution in [-0.4, -0.2) is 22.6 Å². The molecule has 1 aromatic rings. The van der Waals surface area contributed by atoms with Gasteiger partial charge in [0.15, 0.2) is 11.6 Å². The minimum Gasteiger partial charge on any atom is -0.365 e. The quantitative estimate of drug-likeness (QED) is 0.817. The Labute approximate surface area is 107 Å². The van der Waals surface area contributed by atoms with E-state index in [2.05, 4.69) is 34.4 Å². The molecule has 100 valence electrons. The molecule has 2 rings (SSSR count). The van der Waals surface area contributed by atoms with Crippen LogP contribution in [0.25, 0.3) is 0 Å². The molecule has 1 fully saturated rings. The second-order valence-corrected chi connectivity index (χ2v) is 4.94. The van der Waals surface area contributed by atoms with Crippen LogP contribution in [0.1, 0.15) is 39.5 Å². The number of hydrogen-bond acceptors (Lipinski definition) is 4. The van der Waals surface area contributed by atoms with Crippen molar-refractivity contribution in [2.45, 2.75) is 45.6 Å². The number of halogens is 1. The Bertz CT molecular complexity index is 393. The summed E-state index contributed by atoms with van der Waals surface area (Å²) in [5.41, 5.74) is 0. The average molecular weight is 252 g/mol. The van der Waals surface area contributed by atoms with Gasteiger partial charge >= 0.3 is 0 Å². The summed E-state index contributed by atoms with van der Waals surface area (Å²) in [6.45, 7) is 4.95. The molecule has 1 heterocycles. The molecule has 4 nitrogen and oxygen atoms in total. The first kappa shape index (κ1) is 13.1. The maximum Gasteiger partial charge on any atom is 0.224 e. The van der Waals surface area contributed by atoms with E-state index in [4.69, 9.17) is 0 Å². The third-order valence-corrected chi connectivity index (χ3v) is 3.50. The smallest absolute Gasteiger partial charge is 0.224 e. The first-order valence-corrected chi connectivity index (χ1v) is 6.73. The molecule has 1 aromatic heterocycles. The van der Waals surface area contributed by atoms with E-state index in [1.807, 2.05) is 0 Å². The predicted molar refractivity (Wildman–Crippen MR) is 71.2 cm³/mol. The Kier molecular flexibility index (Phi) is 4.33. The van der Waals surface area contributed by atoms with Gasteiger partial charge in [-0.2, -0.15) is 4.98 Å². The summed E-state index contributed by atoms with van der Waals surface area (Å²) in [5, 5.41) is 6.23. The van der Waals surface area contributed by atoms with Gasteiger partial charge < -0.3 is 10.6 Å². The van der Waals surface area contributed by atoms with Gasteiger partial charge in [-0.05, 0) is 32.1 Å². The largest absolute Gasteiger partial charge is 0.365 e. The fraction of sp³-hybridized carbons (Fsp3) is 0.692. The van der Waals surface area contributed by atoms with Gasteiger partial charge in [-0.1, -0.05) is 13.3 Å². The lowest BCUT2D eigenvalue weighted by molar-refractivity contribution is 0.284. The summed E-state index contributed by atoms with van der Waals surface area (Å²) in [6, 6.07) is 0.266. The van der Waals surface area contributed by atoms with Gasteiger partial charge in [-0.25, -0.2) is 9.37 Å². The fourth-order valence-corrected chi connectivity index (χ4v) is 2.06. The van der Waals surface area contributed by atoms with Gasteiger partial charge in [-0.3, -0.25) is 0 Å². The van der Waals surface area contributed by atoms with Crippen LogP contribution in [0.2, 0.25) is 0 Å². The van der Waals surface area contributed by atoms with E-state index in [0.29, 0.717) is 17.7 Å². The van der Waals surface area contributed by atoms with Gasteiger partial charge in [0.25, 0.3) is 0 Å². The van der Waals surface area contributed by atoms with Crippen LogP contribution in [0, 0.1) is 11.7 Å². The summed E-state index contributed by atoms with van der Waals surface area (Å²) >= 11 is 0. The SMILES string of the molecule is CCCNc1ncc(F)c(NC(C)C2CCC2)n1. The molecule has 18 heavy (non-hydrogen) atoms. The maximum atomic E-state index is 13.6. The summed E-state index contributed by atoms with van der Waals surface area (Å²) in [5.74, 6) is 1.05. The zero-order valence-corrected chi connectivity index (χ0v) is 11.0. The van der Waals surface area contributed by atoms with Crippen molar-refractivity contribution in [1.82, 2.24) is 9.97 Å². The van der Waals surface area contributed by atoms with Gasteiger partial charge in [-0.15, -0.1) is 0 Å². The second-order valence-electron chi connectivity index (χ2n) is 4.94. The summed E-state index contributed by atoms with van der Waals surface area (Å²) in [4.78, 5) is 8.11. The van der Waals surface area contributed by atoms with Crippen LogP contribution in [0.5, 0.6) is 0 Å². The molecular formula is C13H21FN4. The van der Waals surface area contributed by atoms with Crippen molar-refractivity contribution in [2.75, 3.05) is 17.2 Å². The number of anilines is 2. The van der Waals surface area contributed by atoms with Crippen molar-refractivity contribution < 1.29 is 4.39 Å². The summed E-state index contributed by atoms with van der Waals surface area (Å²) in [7, 11) is 0. The molecule has 0 radical (unpaired) electrons. The highest BCUT2D eigenvalue weighted by atomic mass is 19.1. The molecule has 1 aliphatic carbocycles. The van der Waals surface area contributed by atoms with Crippen LogP contribution in [-0.2, 0) is 0 Å². The van der Waals surface area contributed by atoms with Gasteiger partial charge in [0.1, 0.15) is 0 Å². The molecule has 0 saturated heterocycles. The van der Waals surface area contributed by atoms with Crippen molar-refractivity contribution in [1.29, 1.82) is 0 Å². The van der Waals surface area contributed by atoms with E-state index < -0.39 is 0 Å². The van der Waals surface area contributed by atoms with Gasteiger partial charge in [0.2, 0.25) is 5.95 Å². The molecule has 1 atom stereocenters. The van der Waals surface area contributed by atoms with Crippen LogP contribution < -0.4 is 10.6 Å². The third-order valence-electron chi connectivity index (χ3n) is 3.50. The van der Waals surface area contributed by atoms with Crippen molar-refractivity contribution in [3.8, 4) is 0 Å². The minimum atomic E-state index is -0.386. The third kappa shape index (κ3) is 3.09. The Balaban J connectivity index is 2.00. The summed E-state index contributed by atoms with van der Waals surface area (Å²) in [6.07, 6.45) is 5.94. The standard InChI is InChI=1S/C13H21FN4/c1-3-7-15-13-16-8-11(14)12(18-13)17-9(2)10-5-4-6-10/h8-10H,3-7H2,1-2H3,(H2,15,16,17,18). The van der Waals surface area contributed by atoms with Crippen molar-refractivity contribution in [3.63, 3.8) is 0 Å². The van der Waals surface area contributed by atoms with E-state index in [-0.39, 0.29) is 11.9 Å². The van der Waals surface area contributed by atoms with Crippen LogP contribution >= 0.6 is 0 Å². The Morgan fingerprint density at radius 1 is 1.50 bits per heavy atom. The first-order valence-electron chi connectivity index (χ1n) is 6.73. The number of rotatable bonds is 6. The highest BCUT2D eigenvalue weighted by molar-refractivity contribution is 5.41. The van der Waals surface area contributed by atoms with Crippen LogP contribution in [0.15, 0.2) is 6.20 Å². The van der Waals surface area contributed by atoms with E-state index in [1.165, 1.54) is 25.5 Å². The molecule has 1 aliphatic rings. The monoisotopic (exact) mass is 252 g/mol.